The summed E-state index contributed by atoms with van der Waals surface area (Å²) in [5.74, 6) is 0.187. The number of pyridine rings is 1. The SMILES string of the molecule is Cc1cc(-c2cc(C(=O)NCc3ncc4ccccn34)[nH]n2)ccc1F. The molecule has 0 fully saturated rings. The van der Waals surface area contributed by atoms with E-state index in [1.807, 2.05) is 28.8 Å². The van der Waals surface area contributed by atoms with Crippen LogP contribution in [0.4, 0.5) is 4.39 Å². The molecular weight excluding hydrogens is 333 g/mol. The Balaban J connectivity index is 1.49. The van der Waals surface area contributed by atoms with Crippen molar-refractivity contribution in [1.29, 1.82) is 0 Å². The summed E-state index contributed by atoms with van der Waals surface area (Å²) < 4.78 is 15.3. The van der Waals surface area contributed by atoms with Gasteiger partial charge in [-0.15, -0.1) is 0 Å². The molecule has 2 N–H and O–H groups in total. The second-order valence-corrected chi connectivity index (χ2v) is 5.98. The van der Waals surface area contributed by atoms with Crippen molar-refractivity contribution in [2.75, 3.05) is 0 Å². The first kappa shape index (κ1) is 16.0. The largest absolute Gasteiger partial charge is 0.343 e. The van der Waals surface area contributed by atoms with Gasteiger partial charge < -0.3 is 9.72 Å². The summed E-state index contributed by atoms with van der Waals surface area (Å²) in [5.41, 5.74) is 3.17. The molecule has 0 radical (unpaired) electrons. The van der Waals surface area contributed by atoms with Crippen LogP contribution >= 0.6 is 0 Å². The molecule has 0 saturated heterocycles. The molecule has 0 aliphatic heterocycles. The topological polar surface area (TPSA) is 75.1 Å². The van der Waals surface area contributed by atoms with E-state index in [1.165, 1.54) is 6.07 Å². The zero-order chi connectivity index (χ0) is 18.1. The van der Waals surface area contributed by atoms with Crippen LogP contribution in [0, 0.1) is 12.7 Å². The van der Waals surface area contributed by atoms with Gasteiger partial charge in [0.1, 0.15) is 17.3 Å². The molecule has 1 amide bonds. The predicted molar refractivity (Wildman–Crippen MR) is 95.1 cm³/mol. The van der Waals surface area contributed by atoms with Crippen LogP contribution in [0.2, 0.25) is 0 Å². The minimum absolute atomic E-state index is 0.269. The number of amides is 1. The Morgan fingerprint density at radius 2 is 2.15 bits per heavy atom. The zero-order valence-corrected chi connectivity index (χ0v) is 14.0. The summed E-state index contributed by atoms with van der Waals surface area (Å²) in [5, 5.41) is 9.69. The molecule has 0 aliphatic rings. The third kappa shape index (κ3) is 2.95. The van der Waals surface area contributed by atoms with Crippen LogP contribution in [0.15, 0.2) is 54.9 Å². The summed E-state index contributed by atoms with van der Waals surface area (Å²) in [4.78, 5) is 16.7. The number of nitrogens with one attached hydrogen (secondary N) is 2. The van der Waals surface area contributed by atoms with E-state index in [2.05, 4.69) is 20.5 Å². The minimum atomic E-state index is -0.282. The smallest absolute Gasteiger partial charge is 0.269 e. The number of fused-ring (bicyclic) bond motifs is 1. The molecular formula is C19H16FN5O. The summed E-state index contributed by atoms with van der Waals surface area (Å²) in [7, 11) is 0. The molecule has 0 spiro atoms. The van der Waals surface area contributed by atoms with Crippen molar-refractivity contribution >= 4 is 11.4 Å². The third-order valence-corrected chi connectivity index (χ3v) is 4.20. The van der Waals surface area contributed by atoms with Crippen LogP contribution in [0.3, 0.4) is 0 Å². The van der Waals surface area contributed by atoms with Crippen LogP contribution in [-0.2, 0) is 6.54 Å². The molecule has 1 aromatic carbocycles. The first-order valence-corrected chi connectivity index (χ1v) is 8.13. The molecule has 130 valence electrons. The number of rotatable bonds is 4. The highest BCUT2D eigenvalue weighted by atomic mass is 19.1. The molecule has 0 atom stereocenters. The lowest BCUT2D eigenvalue weighted by atomic mass is 10.1. The number of halogens is 1. The Labute approximate surface area is 148 Å². The fourth-order valence-corrected chi connectivity index (χ4v) is 2.77. The van der Waals surface area contributed by atoms with Gasteiger partial charge in [-0.3, -0.25) is 9.89 Å². The third-order valence-electron chi connectivity index (χ3n) is 4.20. The van der Waals surface area contributed by atoms with Gasteiger partial charge >= 0.3 is 0 Å². The van der Waals surface area contributed by atoms with Gasteiger partial charge in [-0.1, -0.05) is 6.07 Å². The number of hydrogen-bond donors (Lipinski definition) is 2. The normalized spacial score (nSPS) is 11.0. The van der Waals surface area contributed by atoms with Gasteiger partial charge in [-0.2, -0.15) is 5.10 Å². The Bertz CT molecular complexity index is 1100. The van der Waals surface area contributed by atoms with Crippen molar-refractivity contribution in [1.82, 2.24) is 24.9 Å². The molecule has 4 aromatic rings. The van der Waals surface area contributed by atoms with Crippen molar-refractivity contribution in [3.05, 3.63) is 77.8 Å². The molecule has 3 heterocycles. The van der Waals surface area contributed by atoms with E-state index < -0.39 is 0 Å². The van der Waals surface area contributed by atoms with E-state index in [1.54, 1.807) is 31.3 Å². The molecule has 7 heteroatoms. The van der Waals surface area contributed by atoms with E-state index in [0.29, 0.717) is 23.5 Å². The van der Waals surface area contributed by atoms with Crippen LogP contribution in [0.5, 0.6) is 0 Å². The zero-order valence-electron chi connectivity index (χ0n) is 14.0. The summed E-state index contributed by atoms with van der Waals surface area (Å²) >= 11 is 0. The van der Waals surface area contributed by atoms with E-state index in [-0.39, 0.29) is 11.7 Å². The number of carbonyl (C=O) groups is 1. The molecule has 4 rings (SSSR count). The number of H-pyrrole nitrogens is 1. The quantitative estimate of drug-likeness (QED) is 0.594. The molecule has 6 nitrogen and oxygen atoms in total. The number of hydrogen-bond acceptors (Lipinski definition) is 3. The van der Waals surface area contributed by atoms with Gasteiger partial charge in [0.2, 0.25) is 0 Å². The summed E-state index contributed by atoms with van der Waals surface area (Å²) in [6.07, 6.45) is 3.65. The lowest BCUT2D eigenvalue weighted by Crippen LogP contribution is -2.24. The summed E-state index contributed by atoms with van der Waals surface area (Å²) in [6, 6.07) is 12.2. The van der Waals surface area contributed by atoms with Gasteiger partial charge in [-0.25, -0.2) is 9.37 Å². The van der Waals surface area contributed by atoms with Crippen molar-refractivity contribution in [2.24, 2.45) is 0 Å². The van der Waals surface area contributed by atoms with Crippen LogP contribution in [0.25, 0.3) is 16.8 Å². The maximum atomic E-state index is 13.4. The van der Waals surface area contributed by atoms with Gasteiger partial charge in [0.25, 0.3) is 5.91 Å². The van der Waals surface area contributed by atoms with Crippen molar-refractivity contribution in [3.63, 3.8) is 0 Å². The Hall–Kier alpha value is -3.48. The van der Waals surface area contributed by atoms with E-state index in [4.69, 9.17) is 0 Å². The highest BCUT2D eigenvalue weighted by molar-refractivity contribution is 5.93. The van der Waals surface area contributed by atoms with Gasteiger partial charge in [0.15, 0.2) is 0 Å². The van der Waals surface area contributed by atoms with Crippen LogP contribution < -0.4 is 5.32 Å². The van der Waals surface area contributed by atoms with E-state index in [9.17, 15) is 9.18 Å². The maximum Gasteiger partial charge on any atom is 0.269 e. The van der Waals surface area contributed by atoms with Crippen LogP contribution in [-0.4, -0.2) is 25.5 Å². The van der Waals surface area contributed by atoms with Gasteiger partial charge in [-0.05, 0) is 48.9 Å². The fourth-order valence-electron chi connectivity index (χ4n) is 2.77. The molecule has 3 aromatic heterocycles. The fraction of sp³-hybridized carbons (Fsp3) is 0.105. The molecule has 0 bridgehead atoms. The average Bonchev–Trinajstić information content (AvgIpc) is 3.29. The van der Waals surface area contributed by atoms with E-state index in [0.717, 1.165) is 16.9 Å². The first-order valence-electron chi connectivity index (χ1n) is 8.13. The Morgan fingerprint density at radius 3 is 3.00 bits per heavy atom. The lowest BCUT2D eigenvalue weighted by Gasteiger charge is -2.03. The standard InChI is InChI=1S/C19H16FN5O/c1-12-8-13(5-6-15(12)20)16-9-17(24-23-16)19(26)22-11-18-21-10-14-4-2-3-7-25(14)18/h2-10H,11H2,1H3,(H,22,26)(H,23,24). The number of carbonyl (C=O) groups excluding carboxylic acids is 1. The lowest BCUT2D eigenvalue weighted by molar-refractivity contribution is 0.0945. The first-order chi connectivity index (χ1) is 12.6. The average molecular weight is 349 g/mol. The molecule has 0 unspecified atom stereocenters. The number of aryl methyl sites for hydroxylation is 1. The van der Waals surface area contributed by atoms with Crippen LogP contribution in [0.1, 0.15) is 21.9 Å². The number of aromatic amines is 1. The second kappa shape index (κ2) is 6.44. The predicted octanol–water partition coefficient (Wildman–Crippen LogP) is 3.10. The molecule has 0 aliphatic carbocycles. The minimum Gasteiger partial charge on any atom is -0.343 e. The van der Waals surface area contributed by atoms with Crippen molar-refractivity contribution in [3.8, 4) is 11.3 Å². The monoisotopic (exact) mass is 349 g/mol. The summed E-state index contributed by atoms with van der Waals surface area (Å²) in [6.45, 7) is 1.98. The maximum absolute atomic E-state index is 13.4. The Morgan fingerprint density at radius 1 is 1.27 bits per heavy atom. The highest BCUT2D eigenvalue weighted by Gasteiger charge is 2.13. The van der Waals surface area contributed by atoms with Gasteiger partial charge in [0, 0.05) is 11.8 Å². The van der Waals surface area contributed by atoms with E-state index >= 15 is 0 Å². The number of aromatic nitrogens is 4. The van der Waals surface area contributed by atoms with Crippen molar-refractivity contribution < 1.29 is 9.18 Å². The Kier molecular flexibility index (Phi) is 3.96. The number of benzene rings is 1. The molecule has 0 saturated carbocycles. The number of imidazole rings is 1. The highest BCUT2D eigenvalue weighted by Crippen LogP contribution is 2.20. The van der Waals surface area contributed by atoms with Crippen molar-refractivity contribution in [2.45, 2.75) is 13.5 Å². The number of nitrogens with zero attached hydrogens (tertiary/aromatic N) is 3. The molecule has 26 heavy (non-hydrogen) atoms. The second-order valence-electron chi connectivity index (χ2n) is 5.98. The van der Waals surface area contributed by atoms with Gasteiger partial charge in [0.05, 0.1) is 24.0 Å².